The molecule has 4 heteroatoms. The molecule has 0 heterocycles. The number of hydrogen-bond donors (Lipinski definition) is 1. The quantitative estimate of drug-likeness (QED) is 0.531. The van der Waals surface area contributed by atoms with Crippen molar-refractivity contribution in [2.75, 3.05) is 0 Å². The maximum absolute atomic E-state index is 9.61. The van der Waals surface area contributed by atoms with E-state index in [2.05, 4.69) is 31.9 Å². The normalized spacial score (nSPS) is 9.17. The maximum Gasteiger partial charge on any atom is 0.328 e. The molecule has 6 heavy (non-hydrogen) atoms. The lowest BCUT2D eigenvalue weighted by molar-refractivity contribution is -0.134. The van der Waals surface area contributed by atoms with Crippen LogP contribution in [-0.4, -0.2) is 14.8 Å². The van der Waals surface area contributed by atoms with Crippen molar-refractivity contribution in [3.8, 4) is 0 Å². The summed E-state index contributed by atoms with van der Waals surface area (Å²) in [7, 11) is 0. The van der Waals surface area contributed by atoms with Crippen LogP contribution in [0, 0.1) is 0 Å². The Bertz CT molecular complexity index is 60.6. The molecule has 36 valence electrons. The predicted octanol–water partition coefficient (Wildman–Crippen LogP) is 1.19. The highest BCUT2D eigenvalue weighted by molar-refractivity contribution is 9.25. The smallest absolute Gasteiger partial charge is 0.328 e. The summed E-state index contributed by atoms with van der Waals surface area (Å²) >= 11 is 5.51. The summed E-state index contributed by atoms with van der Waals surface area (Å²) in [6, 6.07) is 0. The second-order valence-corrected chi connectivity index (χ2v) is 3.70. The van der Waals surface area contributed by atoms with Gasteiger partial charge in [-0.05, 0) is 0 Å². The predicted molar refractivity (Wildman–Crippen MR) is 29.3 cm³/mol. The number of aliphatic carboxylic acids is 1. The van der Waals surface area contributed by atoms with E-state index in [0.29, 0.717) is 0 Å². The minimum Gasteiger partial charge on any atom is -0.480 e. The Morgan fingerprint density at radius 1 is 1.67 bits per heavy atom. The highest BCUT2D eigenvalue weighted by atomic mass is 79.9. The van der Waals surface area contributed by atoms with Crippen LogP contribution in [0.15, 0.2) is 0 Å². The van der Waals surface area contributed by atoms with E-state index in [1.165, 1.54) is 0 Å². The molecule has 0 saturated carbocycles. The van der Waals surface area contributed by atoms with Crippen LogP contribution >= 0.6 is 31.9 Å². The fourth-order valence-corrected chi connectivity index (χ4v) is 0. The van der Waals surface area contributed by atoms with Gasteiger partial charge in [0, 0.05) is 0 Å². The van der Waals surface area contributed by atoms with Gasteiger partial charge in [-0.3, -0.25) is 4.79 Å². The van der Waals surface area contributed by atoms with E-state index < -0.39 is 9.71 Å². The first-order valence-electron chi connectivity index (χ1n) is 1.15. The summed E-state index contributed by atoms with van der Waals surface area (Å²) < 4.78 is -0.606. The molecule has 0 atom stereocenters. The van der Waals surface area contributed by atoms with E-state index in [-0.39, 0.29) is 0 Å². The van der Waals surface area contributed by atoms with Gasteiger partial charge in [0.15, 0.2) is 3.74 Å². The van der Waals surface area contributed by atoms with E-state index in [4.69, 9.17) is 5.11 Å². The molecular formula is C2H2Br2O2. The number of hydrogen-bond acceptors (Lipinski definition) is 1. The molecule has 2 nitrogen and oxygen atoms in total. The maximum atomic E-state index is 9.61. The molecule has 0 saturated heterocycles. The fraction of sp³-hybridized carbons (Fsp3) is 0.500. The molecule has 0 amide bonds. The number of alkyl halides is 2. The third-order valence-electron chi connectivity index (χ3n) is 0.187. The highest BCUT2D eigenvalue weighted by Gasteiger charge is 2.04. The third-order valence-corrected chi connectivity index (χ3v) is 0.970. The van der Waals surface area contributed by atoms with Gasteiger partial charge in [0.2, 0.25) is 0 Å². The molecule has 0 fully saturated rings. The molecule has 0 aliphatic rings. The van der Waals surface area contributed by atoms with Crippen molar-refractivity contribution in [1.29, 1.82) is 0 Å². The van der Waals surface area contributed by atoms with E-state index in [0.717, 1.165) is 0 Å². The monoisotopic (exact) mass is 217 g/mol. The first-order valence-corrected chi connectivity index (χ1v) is 2.98. The third kappa shape index (κ3) is 2.66. The first-order chi connectivity index (χ1) is 2.64. The lowest BCUT2D eigenvalue weighted by atomic mass is 11.3. The van der Waals surface area contributed by atoms with Crippen LogP contribution in [0.1, 0.15) is 0 Å². The van der Waals surface area contributed by atoms with Crippen LogP contribution in [0.4, 0.5) is 0 Å². The van der Waals surface area contributed by atoms with E-state index in [1.807, 2.05) is 0 Å². The molecule has 0 aliphatic carbocycles. The van der Waals surface area contributed by atoms with Gasteiger partial charge in [-0.1, -0.05) is 31.9 Å². The van der Waals surface area contributed by atoms with Gasteiger partial charge in [0.25, 0.3) is 0 Å². The molecule has 0 bridgehead atoms. The molecule has 1 N–H and O–H groups in total. The molecule has 0 aromatic carbocycles. The Hall–Kier alpha value is 0.430. The van der Waals surface area contributed by atoms with Gasteiger partial charge in [-0.2, -0.15) is 0 Å². The van der Waals surface area contributed by atoms with Gasteiger partial charge in [-0.25, -0.2) is 0 Å². The van der Waals surface area contributed by atoms with Crippen LogP contribution in [0.3, 0.4) is 0 Å². The average Bonchev–Trinajstić information content (AvgIpc) is 1.36. The molecule has 0 radical (unpaired) electrons. The average molecular weight is 219 g/mol. The van der Waals surface area contributed by atoms with E-state index in [9.17, 15) is 4.79 Å². The molecule has 0 aromatic heterocycles. The van der Waals surface area contributed by atoms with E-state index in [1.54, 1.807) is 0 Å². The van der Waals surface area contributed by atoms with Crippen molar-refractivity contribution >= 4 is 37.8 Å². The molecule has 0 aromatic rings. The molecule has 0 spiro atoms. The summed E-state index contributed by atoms with van der Waals surface area (Å²) in [6.45, 7) is 0. The number of carboxylic acids is 1. The van der Waals surface area contributed by atoms with Crippen molar-refractivity contribution < 1.29 is 9.90 Å². The lowest BCUT2D eigenvalue weighted by Crippen LogP contribution is -2.02. The molecule has 0 aliphatic heterocycles. The minimum absolute atomic E-state index is 0.606. The SMILES string of the molecule is O=[13C](O)C(Br)Br. The zero-order valence-corrected chi connectivity index (χ0v) is 5.86. The van der Waals surface area contributed by atoms with Crippen molar-refractivity contribution in [2.45, 2.75) is 3.74 Å². The van der Waals surface area contributed by atoms with E-state index >= 15 is 0 Å². The van der Waals surface area contributed by atoms with Crippen LogP contribution in [0.2, 0.25) is 0 Å². The highest BCUT2D eigenvalue weighted by Crippen LogP contribution is 2.05. The standard InChI is InChI=1S/C2H2Br2O2/c3-1(4)2(5)6/h1H,(H,5,6)/i2+1. The lowest BCUT2D eigenvalue weighted by Gasteiger charge is -1.84. The molecule has 0 unspecified atom stereocenters. The zero-order valence-electron chi connectivity index (χ0n) is 2.69. The van der Waals surface area contributed by atoms with Crippen LogP contribution < -0.4 is 0 Å². The number of halogens is 2. The Morgan fingerprint density at radius 3 is 1.83 bits per heavy atom. The van der Waals surface area contributed by atoms with Gasteiger partial charge in [0.1, 0.15) is 0 Å². The van der Waals surface area contributed by atoms with Crippen molar-refractivity contribution in [3.63, 3.8) is 0 Å². The fourth-order valence-electron chi connectivity index (χ4n) is 0. The van der Waals surface area contributed by atoms with Crippen LogP contribution in [0.25, 0.3) is 0 Å². The van der Waals surface area contributed by atoms with Crippen LogP contribution in [0.5, 0.6) is 0 Å². The number of carboxylic acid groups (broad SMARTS) is 1. The zero-order chi connectivity index (χ0) is 5.15. The van der Waals surface area contributed by atoms with Gasteiger partial charge in [-0.15, -0.1) is 0 Å². The second-order valence-electron chi connectivity index (χ2n) is 0.639. The summed E-state index contributed by atoms with van der Waals surface area (Å²) in [5.41, 5.74) is 0. The second kappa shape index (κ2) is 2.58. The topological polar surface area (TPSA) is 37.3 Å². The first kappa shape index (κ1) is 6.43. The Balaban J connectivity index is 3.26. The van der Waals surface area contributed by atoms with Crippen molar-refractivity contribution in [3.05, 3.63) is 0 Å². The van der Waals surface area contributed by atoms with Gasteiger partial charge in [0.05, 0.1) is 0 Å². The molecule has 0 rings (SSSR count). The Labute approximate surface area is 51.8 Å². The Morgan fingerprint density at radius 2 is 1.83 bits per heavy atom. The number of carbonyl (C=O) groups is 1. The van der Waals surface area contributed by atoms with Gasteiger partial charge >= 0.3 is 5.97 Å². The summed E-state index contributed by atoms with van der Waals surface area (Å²) in [4.78, 5) is 9.61. The summed E-state index contributed by atoms with van der Waals surface area (Å²) in [5.74, 6) is -0.907. The number of rotatable bonds is 1. The van der Waals surface area contributed by atoms with Crippen molar-refractivity contribution in [1.82, 2.24) is 0 Å². The molecular weight excluding hydrogens is 217 g/mol. The summed E-state index contributed by atoms with van der Waals surface area (Å²) in [6.07, 6.45) is 0. The van der Waals surface area contributed by atoms with Gasteiger partial charge < -0.3 is 5.11 Å². The Kier molecular flexibility index (Phi) is 2.76. The van der Waals surface area contributed by atoms with Crippen molar-refractivity contribution in [2.24, 2.45) is 0 Å². The minimum atomic E-state index is -0.907. The van der Waals surface area contributed by atoms with Crippen LogP contribution in [-0.2, 0) is 4.79 Å². The summed E-state index contributed by atoms with van der Waals surface area (Å²) in [5, 5.41) is 7.90. The largest absolute Gasteiger partial charge is 0.480 e.